The van der Waals surface area contributed by atoms with Crippen LogP contribution >= 0.6 is 0 Å². The third kappa shape index (κ3) is 2.03. The molecule has 0 radical (unpaired) electrons. The molecule has 90 valence electrons. The highest BCUT2D eigenvalue weighted by atomic mass is 16.3. The normalized spacial score (nSPS) is 34.2. The van der Waals surface area contributed by atoms with E-state index in [1.807, 2.05) is 0 Å². The number of aliphatic hydroxyl groups is 1. The summed E-state index contributed by atoms with van der Waals surface area (Å²) >= 11 is 0. The smallest absolute Gasteiger partial charge is 0.137 e. The second kappa shape index (κ2) is 4.28. The summed E-state index contributed by atoms with van der Waals surface area (Å²) in [5.74, 6) is 0.503. The SMILES string of the molecule is Cc1cccc(/C=C2/[C@@H](O)C3CC[NH+]2CC3)c1. The second-order valence-corrected chi connectivity index (χ2v) is 5.40. The first-order valence-corrected chi connectivity index (χ1v) is 6.55. The van der Waals surface area contributed by atoms with Crippen LogP contribution in [-0.4, -0.2) is 24.3 Å². The molecule has 2 bridgehead atoms. The quantitative estimate of drug-likeness (QED) is 0.739. The summed E-state index contributed by atoms with van der Waals surface area (Å²) in [5, 5.41) is 10.3. The van der Waals surface area contributed by atoms with Crippen LogP contribution in [-0.2, 0) is 0 Å². The first kappa shape index (κ1) is 11.0. The van der Waals surface area contributed by atoms with E-state index >= 15 is 0 Å². The predicted octanol–water partition coefficient (Wildman–Crippen LogP) is 1.01. The van der Waals surface area contributed by atoms with E-state index in [4.69, 9.17) is 0 Å². The number of aryl methyl sites for hydroxylation is 1. The van der Waals surface area contributed by atoms with Crippen LogP contribution in [0.3, 0.4) is 0 Å². The van der Waals surface area contributed by atoms with Crippen LogP contribution in [0.15, 0.2) is 30.0 Å². The zero-order valence-corrected chi connectivity index (χ0v) is 10.3. The van der Waals surface area contributed by atoms with Gasteiger partial charge in [0.15, 0.2) is 0 Å². The minimum atomic E-state index is -0.215. The second-order valence-electron chi connectivity index (χ2n) is 5.40. The van der Waals surface area contributed by atoms with Gasteiger partial charge in [-0.05, 0) is 12.5 Å². The lowest BCUT2D eigenvalue weighted by molar-refractivity contribution is -0.880. The zero-order valence-electron chi connectivity index (χ0n) is 10.3. The fourth-order valence-electron chi connectivity index (χ4n) is 3.18. The number of benzene rings is 1. The van der Waals surface area contributed by atoms with Gasteiger partial charge in [0.1, 0.15) is 11.8 Å². The lowest BCUT2D eigenvalue weighted by Crippen LogP contribution is -3.14. The van der Waals surface area contributed by atoms with Crippen molar-refractivity contribution in [1.82, 2.24) is 0 Å². The van der Waals surface area contributed by atoms with E-state index in [1.54, 1.807) is 0 Å². The van der Waals surface area contributed by atoms with E-state index in [1.165, 1.54) is 47.7 Å². The summed E-state index contributed by atoms with van der Waals surface area (Å²) in [6.07, 6.45) is 4.34. The summed E-state index contributed by atoms with van der Waals surface area (Å²) in [4.78, 5) is 1.49. The van der Waals surface area contributed by atoms with E-state index in [0.717, 1.165) is 0 Å². The maximum absolute atomic E-state index is 10.3. The van der Waals surface area contributed by atoms with Gasteiger partial charge in [-0.1, -0.05) is 29.8 Å². The lowest BCUT2D eigenvalue weighted by atomic mass is 9.83. The van der Waals surface area contributed by atoms with Crippen molar-refractivity contribution in [2.75, 3.05) is 13.1 Å². The summed E-state index contributed by atoms with van der Waals surface area (Å²) in [5.41, 5.74) is 3.71. The number of hydrogen-bond acceptors (Lipinski definition) is 1. The number of piperidine rings is 3. The largest absolute Gasteiger partial charge is 0.383 e. The van der Waals surface area contributed by atoms with Crippen LogP contribution in [0.2, 0.25) is 0 Å². The molecule has 2 N–H and O–H groups in total. The first-order valence-electron chi connectivity index (χ1n) is 6.55. The highest BCUT2D eigenvalue weighted by molar-refractivity contribution is 5.53. The Kier molecular flexibility index (Phi) is 2.77. The number of hydrogen-bond donors (Lipinski definition) is 2. The number of quaternary nitrogens is 1. The third-order valence-electron chi connectivity index (χ3n) is 4.17. The predicted molar refractivity (Wildman–Crippen MR) is 68.6 cm³/mol. The van der Waals surface area contributed by atoms with Gasteiger partial charge in [0, 0.05) is 24.8 Å². The minimum Gasteiger partial charge on any atom is -0.383 e. The third-order valence-corrected chi connectivity index (χ3v) is 4.17. The summed E-state index contributed by atoms with van der Waals surface area (Å²) in [6.45, 7) is 4.50. The van der Waals surface area contributed by atoms with Gasteiger partial charge in [-0.2, -0.15) is 0 Å². The van der Waals surface area contributed by atoms with Crippen molar-refractivity contribution in [3.8, 4) is 0 Å². The molecule has 3 saturated heterocycles. The molecule has 2 nitrogen and oxygen atoms in total. The number of nitrogens with one attached hydrogen (secondary N) is 1. The van der Waals surface area contributed by atoms with Gasteiger partial charge in [0.2, 0.25) is 0 Å². The highest BCUT2D eigenvalue weighted by Crippen LogP contribution is 2.25. The fraction of sp³-hybridized carbons (Fsp3) is 0.467. The molecule has 3 heterocycles. The van der Waals surface area contributed by atoms with Gasteiger partial charge in [-0.3, -0.25) is 0 Å². The van der Waals surface area contributed by atoms with Crippen molar-refractivity contribution < 1.29 is 10.0 Å². The Morgan fingerprint density at radius 2 is 2.06 bits per heavy atom. The minimum absolute atomic E-state index is 0.215. The van der Waals surface area contributed by atoms with Crippen LogP contribution in [0.25, 0.3) is 6.08 Å². The Morgan fingerprint density at radius 3 is 2.71 bits per heavy atom. The van der Waals surface area contributed by atoms with Crippen molar-refractivity contribution in [3.05, 3.63) is 41.1 Å². The molecule has 0 unspecified atom stereocenters. The standard InChI is InChI=1S/C15H19NO/c1-11-3-2-4-12(9-11)10-14-15(17)13-5-7-16(14)8-6-13/h2-4,9-10,13,15,17H,5-8H2,1H3/p+1/b14-10-/t15-/m0/s1. The van der Waals surface area contributed by atoms with Crippen molar-refractivity contribution in [2.45, 2.75) is 25.9 Å². The molecule has 4 rings (SSSR count). The van der Waals surface area contributed by atoms with Gasteiger partial charge < -0.3 is 10.0 Å². The molecule has 3 fully saturated rings. The Labute approximate surface area is 103 Å². The number of fused-ring (bicyclic) bond motifs is 3. The van der Waals surface area contributed by atoms with Crippen LogP contribution in [0.5, 0.6) is 0 Å². The molecule has 0 aliphatic carbocycles. The molecular weight excluding hydrogens is 210 g/mol. The van der Waals surface area contributed by atoms with Crippen molar-refractivity contribution >= 4 is 6.08 Å². The maximum atomic E-state index is 10.3. The molecule has 0 saturated carbocycles. The van der Waals surface area contributed by atoms with Crippen molar-refractivity contribution in [2.24, 2.45) is 5.92 Å². The molecule has 2 heteroatoms. The topological polar surface area (TPSA) is 24.7 Å². The molecule has 1 atom stereocenters. The molecule has 3 aliphatic heterocycles. The van der Waals surface area contributed by atoms with E-state index in [2.05, 4.69) is 37.3 Å². The Bertz CT molecular complexity index is 440. The molecule has 1 aromatic rings. The average Bonchev–Trinajstić information content (AvgIpc) is 2.34. The molecular formula is C15H20NO+. The highest BCUT2D eigenvalue weighted by Gasteiger charge is 2.40. The molecule has 0 amide bonds. The van der Waals surface area contributed by atoms with Crippen LogP contribution in [0, 0.1) is 12.8 Å². The summed E-state index contributed by atoms with van der Waals surface area (Å²) < 4.78 is 0. The van der Waals surface area contributed by atoms with Crippen LogP contribution < -0.4 is 4.90 Å². The molecule has 3 aliphatic rings. The molecule has 0 aromatic heterocycles. The Balaban J connectivity index is 1.93. The number of rotatable bonds is 1. The Hall–Kier alpha value is -1.12. The fourth-order valence-corrected chi connectivity index (χ4v) is 3.18. The molecule has 17 heavy (non-hydrogen) atoms. The van der Waals surface area contributed by atoms with E-state index in [0.29, 0.717) is 5.92 Å². The number of aliphatic hydroxyl groups excluding tert-OH is 1. The maximum Gasteiger partial charge on any atom is 0.137 e. The lowest BCUT2D eigenvalue weighted by Gasteiger charge is -2.41. The van der Waals surface area contributed by atoms with Gasteiger partial charge in [-0.15, -0.1) is 0 Å². The van der Waals surface area contributed by atoms with Crippen molar-refractivity contribution in [3.63, 3.8) is 0 Å². The zero-order chi connectivity index (χ0) is 11.8. The van der Waals surface area contributed by atoms with Crippen molar-refractivity contribution in [1.29, 1.82) is 0 Å². The molecule has 0 spiro atoms. The summed E-state index contributed by atoms with van der Waals surface area (Å²) in [6, 6.07) is 8.50. The van der Waals surface area contributed by atoms with Crippen LogP contribution in [0.1, 0.15) is 24.0 Å². The van der Waals surface area contributed by atoms with E-state index in [9.17, 15) is 5.11 Å². The summed E-state index contributed by atoms with van der Waals surface area (Å²) in [7, 11) is 0. The van der Waals surface area contributed by atoms with Crippen LogP contribution in [0.4, 0.5) is 0 Å². The first-order chi connectivity index (χ1) is 8.24. The van der Waals surface area contributed by atoms with Gasteiger partial charge in [-0.25, -0.2) is 0 Å². The average molecular weight is 230 g/mol. The van der Waals surface area contributed by atoms with E-state index in [-0.39, 0.29) is 6.10 Å². The van der Waals surface area contributed by atoms with Gasteiger partial charge >= 0.3 is 0 Å². The van der Waals surface area contributed by atoms with Gasteiger partial charge in [0.25, 0.3) is 0 Å². The Morgan fingerprint density at radius 1 is 1.29 bits per heavy atom. The van der Waals surface area contributed by atoms with Gasteiger partial charge in [0.05, 0.1) is 13.1 Å². The van der Waals surface area contributed by atoms with E-state index < -0.39 is 0 Å². The molecule has 1 aromatic carbocycles. The monoisotopic (exact) mass is 230 g/mol.